The van der Waals surface area contributed by atoms with E-state index in [1.165, 1.54) is 25.3 Å². The lowest BCUT2D eigenvalue weighted by Gasteiger charge is -2.16. The van der Waals surface area contributed by atoms with Crippen LogP contribution in [-0.2, 0) is 36.5 Å². The van der Waals surface area contributed by atoms with Crippen LogP contribution in [0.5, 0.6) is 0 Å². The summed E-state index contributed by atoms with van der Waals surface area (Å²) in [4.78, 5) is 15.1. The Labute approximate surface area is 214 Å². The number of rotatable bonds is 17. The van der Waals surface area contributed by atoms with Crippen LogP contribution >= 0.6 is 0 Å². The van der Waals surface area contributed by atoms with Crippen molar-refractivity contribution in [3.8, 4) is 0 Å². The Morgan fingerprint density at radius 3 is 2.51 bits per heavy atom. The zero-order chi connectivity index (χ0) is 27.7. The largest absolute Gasteiger partial charge is 0.515 e. The summed E-state index contributed by atoms with van der Waals surface area (Å²) in [6.07, 6.45) is 3.25. The van der Waals surface area contributed by atoms with Crippen LogP contribution in [0.2, 0.25) is 0 Å². The Bertz CT molecular complexity index is 951. The van der Waals surface area contributed by atoms with Crippen molar-refractivity contribution in [2.24, 2.45) is 0 Å². The number of alkyl halides is 3. The molecule has 6 nitrogen and oxygen atoms in total. The van der Waals surface area contributed by atoms with E-state index in [0.717, 1.165) is 25.2 Å². The van der Waals surface area contributed by atoms with Gasteiger partial charge in [0.15, 0.2) is 0 Å². The third-order valence-corrected chi connectivity index (χ3v) is 5.12. The molecule has 0 bridgehead atoms. The third-order valence-electron chi connectivity index (χ3n) is 5.12. The van der Waals surface area contributed by atoms with Gasteiger partial charge in [-0.15, -0.1) is 0 Å². The van der Waals surface area contributed by atoms with Crippen molar-refractivity contribution >= 4 is 11.5 Å². The van der Waals surface area contributed by atoms with E-state index in [0.29, 0.717) is 18.4 Å². The van der Waals surface area contributed by atoms with Gasteiger partial charge in [-0.25, -0.2) is 4.79 Å². The highest BCUT2D eigenvalue weighted by Crippen LogP contribution is 2.35. The van der Waals surface area contributed by atoms with Gasteiger partial charge >= 0.3 is 12.1 Å². The van der Waals surface area contributed by atoms with Gasteiger partial charge in [0.2, 0.25) is 0 Å². The van der Waals surface area contributed by atoms with E-state index < -0.39 is 24.3 Å². The number of carbonyl (C=O) groups is 1. The standard InChI is InChI=1S/C27H34F4O6/c1-4-5-6-8-21-10-11-23(18-25(21)27(28,29)30)22(17-24(12-13-32)35-16-15-34-3)9-7-14-36-26(33)20(2)19-37-31/h9-13,17-18,32H,2,4-8,14-16,19H2,1,3H3/b13-12+,22-9+,24-17+. The summed E-state index contributed by atoms with van der Waals surface area (Å²) in [5, 5.41) is 9.23. The van der Waals surface area contributed by atoms with Crippen molar-refractivity contribution in [1.29, 1.82) is 0 Å². The molecule has 1 aromatic rings. The molecule has 0 heterocycles. The van der Waals surface area contributed by atoms with Crippen LogP contribution in [0.25, 0.3) is 5.57 Å². The molecule has 37 heavy (non-hydrogen) atoms. The Morgan fingerprint density at radius 1 is 1.14 bits per heavy atom. The minimum Gasteiger partial charge on any atom is -0.515 e. The quantitative estimate of drug-likeness (QED) is 0.0594. The summed E-state index contributed by atoms with van der Waals surface area (Å²) < 4.78 is 69.1. The third kappa shape index (κ3) is 12.1. The molecule has 10 heteroatoms. The lowest BCUT2D eigenvalue weighted by Crippen LogP contribution is -2.11. The molecular formula is C27H34F4O6. The van der Waals surface area contributed by atoms with Gasteiger partial charge in [-0.2, -0.15) is 18.1 Å². The van der Waals surface area contributed by atoms with Crippen molar-refractivity contribution in [3.05, 3.63) is 77.3 Å². The Kier molecular flexibility index (Phi) is 15.0. The van der Waals surface area contributed by atoms with E-state index in [1.54, 1.807) is 12.1 Å². The maximum Gasteiger partial charge on any atom is 0.416 e. The zero-order valence-corrected chi connectivity index (χ0v) is 21.1. The average Bonchev–Trinajstić information content (AvgIpc) is 2.85. The minimum atomic E-state index is -4.55. The van der Waals surface area contributed by atoms with Crippen LogP contribution in [0.15, 0.2) is 60.6 Å². The molecule has 0 amide bonds. The molecule has 206 valence electrons. The first-order chi connectivity index (χ1) is 17.7. The molecule has 1 aromatic carbocycles. The van der Waals surface area contributed by atoms with Gasteiger partial charge in [0.1, 0.15) is 19.0 Å². The fourth-order valence-electron chi connectivity index (χ4n) is 3.26. The molecule has 0 aliphatic carbocycles. The number of aryl methyl sites for hydroxylation is 1. The van der Waals surface area contributed by atoms with Gasteiger partial charge < -0.3 is 19.3 Å². The monoisotopic (exact) mass is 530 g/mol. The van der Waals surface area contributed by atoms with Gasteiger partial charge in [0.25, 0.3) is 0 Å². The highest BCUT2D eigenvalue weighted by Gasteiger charge is 2.33. The maximum absolute atomic E-state index is 13.9. The Hall–Kier alpha value is -3.11. The Balaban J connectivity index is 3.34. The molecule has 0 spiro atoms. The van der Waals surface area contributed by atoms with E-state index >= 15 is 0 Å². The summed E-state index contributed by atoms with van der Waals surface area (Å²) in [5.41, 5.74) is -0.135. The number of ether oxygens (including phenoxy) is 3. The summed E-state index contributed by atoms with van der Waals surface area (Å²) >= 11 is 0. The second-order valence-electron chi connectivity index (χ2n) is 7.97. The zero-order valence-electron chi connectivity index (χ0n) is 21.1. The molecule has 0 saturated heterocycles. The molecule has 1 rings (SSSR count). The highest BCUT2D eigenvalue weighted by molar-refractivity contribution is 5.88. The van der Waals surface area contributed by atoms with Crippen LogP contribution in [0.4, 0.5) is 17.7 Å². The molecule has 0 aliphatic heterocycles. The highest BCUT2D eigenvalue weighted by atomic mass is 19.4. The number of methoxy groups -OCH3 is 1. The predicted octanol–water partition coefficient (Wildman–Crippen LogP) is 6.83. The molecule has 0 radical (unpaired) electrons. The lowest BCUT2D eigenvalue weighted by molar-refractivity contribution is -0.146. The predicted molar refractivity (Wildman–Crippen MR) is 132 cm³/mol. The summed E-state index contributed by atoms with van der Waals surface area (Å²) in [6, 6.07) is 4.12. The van der Waals surface area contributed by atoms with Crippen LogP contribution < -0.4 is 0 Å². The van der Waals surface area contributed by atoms with Crippen molar-refractivity contribution in [1.82, 2.24) is 0 Å². The molecule has 0 unspecified atom stereocenters. The van der Waals surface area contributed by atoms with Crippen LogP contribution in [-0.4, -0.2) is 44.6 Å². The van der Waals surface area contributed by atoms with Crippen molar-refractivity contribution in [2.45, 2.75) is 45.2 Å². The van der Waals surface area contributed by atoms with Crippen LogP contribution in [0.3, 0.4) is 0 Å². The Morgan fingerprint density at radius 2 is 1.89 bits per heavy atom. The molecule has 0 atom stereocenters. The van der Waals surface area contributed by atoms with Gasteiger partial charge in [-0.05, 0) is 46.2 Å². The number of hydrogen-bond acceptors (Lipinski definition) is 6. The van der Waals surface area contributed by atoms with Crippen molar-refractivity contribution in [2.75, 3.05) is 33.5 Å². The van der Waals surface area contributed by atoms with Crippen LogP contribution in [0, 0.1) is 0 Å². The second kappa shape index (κ2) is 17.4. The first-order valence-electron chi connectivity index (χ1n) is 11.8. The van der Waals surface area contributed by atoms with Crippen LogP contribution in [0.1, 0.15) is 49.3 Å². The van der Waals surface area contributed by atoms with Crippen molar-refractivity contribution in [3.63, 3.8) is 0 Å². The SMILES string of the molecule is C=C(COF)C(=O)OCC\C=C(/C=C(\C=C\O)OCCOC)c1ccc(CCCCC)c(C(F)(F)F)c1. The number of hydrogen-bond donors (Lipinski definition) is 1. The molecule has 1 N–H and O–H groups in total. The normalized spacial score (nSPS) is 12.7. The number of allylic oxidation sites excluding steroid dienone is 3. The number of aliphatic hydroxyl groups excluding tert-OH is 1. The first kappa shape index (κ1) is 31.9. The van der Waals surface area contributed by atoms with Crippen molar-refractivity contribution < 1.29 is 46.8 Å². The number of unbranched alkanes of at least 4 members (excludes halogenated alkanes) is 2. The average molecular weight is 531 g/mol. The van der Waals surface area contributed by atoms with E-state index in [9.17, 15) is 27.6 Å². The van der Waals surface area contributed by atoms with Gasteiger partial charge in [0, 0.05) is 19.6 Å². The van der Waals surface area contributed by atoms with E-state index in [4.69, 9.17) is 14.2 Å². The minimum absolute atomic E-state index is 0.120. The lowest BCUT2D eigenvalue weighted by atomic mass is 9.94. The summed E-state index contributed by atoms with van der Waals surface area (Å²) in [6.45, 7) is 4.93. The number of benzene rings is 1. The van der Waals surface area contributed by atoms with E-state index in [2.05, 4.69) is 11.5 Å². The van der Waals surface area contributed by atoms with Gasteiger partial charge in [-0.3, -0.25) is 0 Å². The fraction of sp³-hybridized carbons (Fsp3) is 0.444. The fourth-order valence-corrected chi connectivity index (χ4v) is 3.26. The molecule has 0 fully saturated rings. The molecular weight excluding hydrogens is 496 g/mol. The summed E-state index contributed by atoms with van der Waals surface area (Å²) in [7, 11) is 1.48. The maximum atomic E-state index is 13.9. The first-order valence-corrected chi connectivity index (χ1v) is 11.8. The topological polar surface area (TPSA) is 74.2 Å². The smallest absolute Gasteiger partial charge is 0.416 e. The second-order valence-corrected chi connectivity index (χ2v) is 7.97. The number of esters is 1. The van der Waals surface area contributed by atoms with E-state index in [1.807, 2.05) is 6.92 Å². The number of halogens is 4. The number of aliphatic hydroxyl groups is 1. The molecule has 0 aromatic heterocycles. The number of carbonyl (C=O) groups excluding carboxylic acids is 1. The van der Waals surface area contributed by atoms with Gasteiger partial charge in [-0.1, -0.05) is 44.6 Å². The van der Waals surface area contributed by atoms with E-state index in [-0.39, 0.29) is 48.7 Å². The summed E-state index contributed by atoms with van der Waals surface area (Å²) in [5.74, 6) is -0.678. The molecule has 0 saturated carbocycles. The van der Waals surface area contributed by atoms with Gasteiger partial charge in [0.05, 0.1) is 30.6 Å². The molecule has 0 aliphatic rings.